The highest BCUT2D eigenvalue weighted by Crippen LogP contribution is 2.47. The Morgan fingerprint density at radius 3 is 1.71 bits per heavy atom. The van der Waals surface area contributed by atoms with Gasteiger partial charge in [0.05, 0.1) is 11.4 Å². The van der Waals surface area contributed by atoms with Crippen molar-refractivity contribution in [2.24, 2.45) is 0 Å². The van der Waals surface area contributed by atoms with Gasteiger partial charge in [0.2, 0.25) is 0 Å². The fourth-order valence-electron chi connectivity index (χ4n) is 7.32. The SMILES string of the molecule is c1ccc(-c2ccc(N(c3cccc4c3oc3ccccc34)c3cccc4c3oc3c(-c5ccc6ccccc6c5)cccc34)cc2)cc1. The lowest BCUT2D eigenvalue weighted by Crippen LogP contribution is -2.10. The van der Waals surface area contributed by atoms with Crippen LogP contribution >= 0.6 is 0 Å². The zero-order chi connectivity index (χ0) is 32.3. The van der Waals surface area contributed by atoms with Gasteiger partial charge >= 0.3 is 0 Å². The van der Waals surface area contributed by atoms with E-state index >= 15 is 0 Å². The molecule has 3 nitrogen and oxygen atoms in total. The Labute approximate surface area is 282 Å². The van der Waals surface area contributed by atoms with Gasteiger partial charge < -0.3 is 13.7 Å². The van der Waals surface area contributed by atoms with Crippen LogP contribution in [0, 0.1) is 0 Å². The Morgan fingerprint density at radius 1 is 0.347 bits per heavy atom. The molecule has 0 N–H and O–H groups in total. The summed E-state index contributed by atoms with van der Waals surface area (Å²) in [5, 5.41) is 6.76. The smallest absolute Gasteiger partial charge is 0.159 e. The minimum Gasteiger partial charge on any atom is -0.454 e. The summed E-state index contributed by atoms with van der Waals surface area (Å²) in [5.74, 6) is 0. The molecule has 49 heavy (non-hydrogen) atoms. The van der Waals surface area contributed by atoms with Crippen molar-refractivity contribution >= 4 is 71.7 Å². The molecule has 0 atom stereocenters. The van der Waals surface area contributed by atoms with Crippen molar-refractivity contribution in [3.8, 4) is 22.3 Å². The molecule has 8 aromatic carbocycles. The van der Waals surface area contributed by atoms with Crippen molar-refractivity contribution < 1.29 is 8.83 Å². The molecule has 0 saturated carbocycles. The van der Waals surface area contributed by atoms with E-state index in [0.29, 0.717) is 0 Å². The van der Waals surface area contributed by atoms with E-state index in [4.69, 9.17) is 8.83 Å². The molecular weight excluding hydrogens is 599 g/mol. The Kier molecular flexibility index (Phi) is 6.18. The van der Waals surface area contributed by atoms with E-state index in [2.05, 4.69) is 163 Å². The molecule has 0 bridgehead atoms. The number of fused-ring (bicyclic) bond motifs is 7. The first-order chi connectivity index (χ1) is 24.3. The van der Waals surface area contributed by atoms with E-state index in [1.54, 1.807) is 0 Å². The van der Waals surface area contributed by atoms with Gasteiger partial charge in [-0.05, 0) is 63.9 Å². The number of rotatable bonds is 5. The van der Waals surface area contributed by atoms with Crippen molar-refractivity contribution in [1.29, 1.82) is 0 Å². The number of nitrogens with zero attached hydrogens (tertiary/aromatic N) is 1. The molecular formula is C46H29NO2. The Hall–Kier alpha value is -6.58. The molecule has 2 aromatic heterocycles. The van der Waals surface area contributed by atoms with Crippen molar-refractivity contribution in [3.05, 3.63) is 176 Å². The molecule has 2 heterocycles. The summed E-state index contributed by atoms with van der Waals surface area (Å²) in [6.07, 6.45) is 0. The molecule has 230 valence electrons. The van der Waals surface area contributed by atoms with Crippen LogP contribution in [0.4, 0.5) is 17.1 Å². The van der Waals surface area contributed by atoms with Crippen LogP contribution in [0.15, 0.2) is 185 Å². The average molecular weight is 628 g/mol. The molecule has 0 saturated heterocycles. The summed E-state index contributed by atoms with van der Waals surface area (Å²) in [4.78, 5) is 2.28. The molecule has 0 aliphatic rings. The highest BCUT2D eigenvalue weighted by molar-refractivity contribution is 6.15. The molecule has 0 fully saturated rings. The maximum atomic E-state index is 7.00. The topological polar surface area (TPSA) is 29.5 Å². The van der Waals surface area contributed by atoms with E-state index in [9.17, 15) is 0 Å². The zero-order valence-electron chi connectivity index (χ0n) is 26.5. The first-order valence-corrected chi connectivity index (χ1v) is 16.6. The zero-order valence-corrected chi connectivity index (χ0v) is 26.5. The fraction of sp³-hybridized carbons (Fsp3) is 0. The molecule has 0 radical (unpaired) electrons. The monoisotopic (exact) mass is 627 g/mol. The molecule has 0 aliphatic heterocycles. The lowest BCUT2D eigenvalue weighted by molar-refractivity contribution is 0.666. The number of benzene rings is 8. The molecule has 0 spiro atoms. The maximum absolute atomic E-state index is 7.00. The van der Waals surface area contributed by atoms with E-state index in [-0.39, 0.29) is 0 Å². The molecule has 0 aliphatic carbocycles. The second-order valence-corrected chi connectivity index (χ2v) is 12.5. The third-order valence-corrected chi connectivity index (χ3v) is 9.66. The lowest BCUT2D eigenvalue weighted by atomic mass is 9.99. The predicted molar refractivity (Wildman–Crippen MR) is 204 cm³/mol. The Bertz CT molecular complexity index is 2830. The second kappa shape index (κ2) is 11.0. The van der Waals surface area contributed by atoms with Crippen LogP contribution in [0.3, 0.4) is 0 Å². The molecule has 0 amide bonds. The van der Waals surface area contributed by atoms with Crippen molar-refractivity contribution in [3.63, 3.8) is 0 Å². The van der Waals surface area contributed by atoms with E-state index in [1.807, 2.05) is 18.2 Å². The minimum absolute atomic E-state index is 0.825. The van der Waals surface area contributed by atoms with Crippen LogP contribution in [0.1, 0.15) is 0 Å². The largest absolute Gasteiger partial charge is 0.454 e. The van der Waals surface area contributed by atoms with Gasteiger partial charge in [-0.3, -0.25) is 0 Å². The van der Waals surface area contributed by atoms with E-state index < -0.39 is 0 Å². The van der Waals surface area contributed by atoms with Crippen molar-refractivity contribution in [1.82, 2.24) is 0 Å². The summed E-state index contributed by atoms with van der Waals surface area (Å²) in [6, 6.07) is 61.8. The van der Waals surface area contributed by atoms with Gasteiger partial charge in [-0.15, -0.1) is 0 Å². The third kappa shape index (κ3) is 4.44. The molecule has 3 heteroatoms. The standard InChI is InChI=1S/C46H29NO2/c1-2-11-30(12-3-1)32-25-27-35(28-26-32)47(41-20-9-18-38-37-15-6-7-22-43(37)48-45(38)41)42-21-10-19-40-39-17-8-16-36(44(39)49-46(40)42)34-24-23-31-13-4-5-14-33(31)29-34/h1-29H. The van der Waals surface area contributed by atoms with Crippen molar-refractivity contribution in [2.45, 2.75) is 0 Å². The first-order valence-electron chi connectivity index (χ1n) is 16.6. The average Bonchev–Trinajstić information content (AvgIpc) is 3.75. The third-order valence-electron chi connectivity index (χ3n) is 9.66. The summed E-state index contributed by atoms with van der Waals surface area (Å²) in [7, 11) is 0. The van der Waals surface area contributed by atoms with Gasteiger partial charge in [-0.1, -0.05) is 140 Å². The molecule has 0 unspecified atom stereocenters. The minimum atomic E-state index is 0.825. The molecule has 10 aromatic rings. The van der Waals surface area contributed by atoms with Crippen LogP contribution in [0.25, 0.3) is 76.9 Å². The highest BCUT2D eigenvalue weighted by atomic mass is 16.3. The van der Waals surface area contributed by atoms with Gasteiger partial charge in [0, 0.05) is 32.8 Å². The number of anilines is 3. The maximum Gasteiger partial charge on any atom is 0.159 e. The number of furan rings is 2. The number of para-hydroxylation sites is 4. The van der Waals surface area contributed by atoms with Crippen LogP contribution in [0.2, 0.25) is 0 Å². The predicted octanol–water partition coefficient (Wildman–Crippen LogP) is 13.4. The second-order valence-electron chi connectivity index (χ2n) is 12.5. The highest BCUT2D eigenvalue weighted by Gasteiger charge is 2.24. The van der Waals surface area contributed by atoms with Gasteiger partial charge in [0.25, 0.3) is 0 Å². The van der Waals surface area contributed by atoms with E-state index in [0.717, 1.165) is 77.6 Å². The van der Waals surface area contributed by atoms with Crippen LogP contribution in [0.5, 0.6) is 0 Å². The van der Waals surface area contributed by atoms with Gasteiger partial charge in [-0.25, -0.2) is 0 Å². The summed E-state index contributed by atoms with van der Waals surface area (Å²) < 4.78 is 13.6. The fourth-order valence-corrected chi connectivity index (χ4v) is 7.32. The quantitative estimate of drug-likeness (QED) is 0.190. The summed E-state index contributed by atoms with van der Waals surface area (Å²) >= 11 is 0. The lowest BCUT2D eigenvalue weighted by Gasteiger charge is -2.25. The number of hydrogen-bond acceptors (Lipinski definition) is 3. The van der Waals surface area contributed by atoms with Gasteiger partial charge in [0.15, 0.2) is 11.2 Å². The van der Waals surface area contributed by atoms with Gasteiger partial charge in [0.1, 0.15) is 11.2 Å². The van der Waals surface area contributed by atoms with Crippen LogP contribution in [-0.2, 0) is 0 Å². The first kappa shape index (κ1) is 27.5. The summed E-state index contributed by atoms with van der Waals surface area (Å²) in [6.45, 7) is 0. The normalized spacial score (nSPS) is 11.7. The Morgan fingerprint density at radius 2 is 0.918 bits per heavy atom. The Balaban J connectivity index is 1.22. The van der Waals surface area contributed by atoms with E-state index in [1.165, 1.54) is 16.3 Å². The van der Waals surface area contributed by atoms with Crippen LogP contribution in [-0.4, -0.2) is 0 Å². The van der Waals surface area contributed by atoms with Crippen molar-refractivity contribution in [2.75, 3.05) is 4.90 Å². The van der Waals surface area contributed by atoms with Crippen LogP contribution < -0.4 is 4.90 Å². The number of hydrogen-bond donors (Lipinski definition) is 0. The molecule has 10 rings (SSSR count). The summed E-state index contributed by atoms with van der Waals surface area (Å²) in [5.41, 5.74) is 10.8. The van der Waals surface area contributed by atoms with Gasteiger partial charge in [-0.2, -0.15) is 0 Å².